The van der Waals surface area contributed by atoms with E-state index >= 15 is 0 Å². The van der Waals surface area contributed by atoms with Gasteiger partial charge < -0.3 is 5.32 Å². The summed E-state index contributed by atoms with van der Waals surface area (Å²) in [6, 6.07) is 0. The van der Waals surface area contributed by atoms with Crippen LogP contribution in [0.25, 0.3) is 0 Å². The molecule has 0 aromatic rings. The third-order valence-corrected chi connectivity index (χ3v) is 2.39. The second-order valence-corrected chi connectivity index (χ2v) is 5.07. The number of hydrogen-bond donors (Lipinski definition) is 1. The molecule has 1 heteroatoms. The van der Waals surface area contributed by atoms with Gasteiger partial charge in [-0.15, -0.1) is 0 Å². The predicted octanol–water partition coefficient (Wildman–Crippen LogP) is 2.42. The summed E-state index contributed by atoms with van der Waals surface area (Å²) in [4.78, 5) is 0. The average molecular weight is 155 g/mol. The molecule has 0 heterocycles. The van der Waals surface area contributed by atoms with E-state index in [1.54, 1.807) is 0 Å². The second-order valence-electron chi connectivity index (χ2n) is 5.07. The molecule has 11 heavy (non-hydrogen) atoms. The van der Waals surface area contributed by atoms with E-state index in [0.29, 0.717) is 5.54 Å². The van der Waals surface area contributed by atoms with Crippen molar-refractivity contribution >= 4 is 0 Å². The first-order valence-electron chi connectivity index (χ1n) is 4.72. The Morgan fingerprint density at radius 3 is 2.18 bits per heavy atom. The summed E-state index contributed by atoms with van der Waals surface area (Å²) in [5.74, 6) is 1.95. The normalized spacial score (nSPS) is 31.6. The van der Waals surface area contributed by atoms with Crippen LogP contribution in [0.3, 0.4) is 0 Å². The zero-order valence-corrected chi connectivity index (χ0v) is 8.28. The molecule has 1 aliphatic carbocycles. The monoisotopic (exact) mass is 155 g/mol. The second kappa shape index (κ2) is 3.14. The van der Waals surface area contributed by atoms with E-state index in [4.69, 9.17) is 0 Å². The molecule has 0 spiro atoms. The lowest BCUT2D eigenvalue weighted by atomic mass is 9.76. The van der Waals surface area contributed by atoms with Gasteiger partial charge in [0.2, 0.25) is 0 Å². The Morgan fingerprint density at radius 1 is 1.27 bits per heavy atom. The molecule has 1 fully saturated rings. The molecule has 0 aliphatic heterocycles. The molecule has 0 amide bonds. The number of hydrogen-bond acceptors (Lipinski definition) is 1. The molecular formula is C10H21N. The van der Waals surface area contributed by atoms with Crippen molar-refractivity contribution in [3.63, 3.8) is 0 Å². The first kappa shape index (κ1) is 9.05. The fraction of sp³-hybridized carbons (Fsp3) is 1.00. The smallest absolute Gasteiger partial charge is 0.00966 e. The maximum absolute atomic E-state index is 3.54. The van der Waals surface area contributed by atoms with Crippen molar-refractivity contribution in [2.45, 2.75) is 46.1 Å². The van der Waals surface area contributed by atoms with Crippen molar-refractivity contribution < 1.29 is 0 Å². The van der Waals surface area contributed by atoms with Crippen LogP contribution in [0.5, 0.6) is 0 Å². The lowest BCUT2D eigenvalue weighted by Gasteiger charge is -2.35. The summed E-state index contributed by atoms with van der Waals surface area (Å²) >= 11 is 0. The van der Waals surface area contributed by atoms with Gasteiger partial charge in [-0.25, -0.2) is 0 Å². The van der Waals surface area contributed by atoms with Crippen LogP contribution in [0, 0.1) is 11.8 Å². The minimum Gasteiger partial charge on any atom is -0.312 e. The Hall–Kier alpha value is -0.0400. The third-order valence-electron chi connectivity index (χ3n) is 2.39. The molecule has 0 bridgehead atoms. The van der Waals surface area contributed by atoms with E-state index in [-0.39, 0.29) is 0 Å². The molecule has 0 saturated heterocycles. The van der Waals surface area contributed by atoms with Crippen LogP contribution in [-0.4, -0.2) is 12.1 Å². The molecule has 0 radical (unpaired) electrons. The van der Waals surface area contributed by atoms with Crippen LogP contribution in [0.2, 0.25) is 0 Å². The van der Waals surface area contributed by atoms with Gasteiger partial charge in [-0.2, -0.15) is 0 Å². The van der Waals surface area contributed by atoms with Gasteiger partial charge in [-0.3, -0.25) is 0 Å². The van der Waals surface area contributed by atoms with E-state index in [0.717, 1.165) is 11.8 Å². The van der Waals surface area contributed by atoms with Crippen LogP contribution in [0.4, 0.5) is 0 Å². The summed E-state index contributed by atoms with van der Waals surface area (Å²) in [6.45, 7) is 10.3. The Balaban J connectivity index is 2.05. The highest BCUT2D eigenvalue weighted by atomic mass is 14.9. The minimum absolute atomic E-state index is 0.304. The van der Waals surface area contributed by atoms with Crippen molar-refractivity contribution in [3.05, 3.63) is 0 Å². The lowest BCUT2D eigenvalue weighted by Crippen LogP contribution is -2.42. The van der Waals surface area contributed by atoms with Gasteiger partial charge in [0.15, 0.2) is 0 Å². The van der Waals surface area contributed by atoms with Crippen molar-refractivity contribution in [2.75, 3.05) is 6.54 Å². The Labute approximate surface area is 70.6 Å². The number of nitrogens with one attached hydrogen (secondary N) is 1. The van der Waals surface area contributed by atoms with Gasteiger partial charge in [0.1, 0.15) is 0 Å². The minimum atomic E-state index is 0.304. The van der Waals surface area contributed by atoms with Gasteiger partial charge in [0.25, 0.3) is 0 Å². The molecule has 1 saturated carbocycles. The molecule has 1 N–H and O–H groups in total. The van der Waals surface area contributed by atoms with Gasteiger partial charge in [-0.1, -0.05) is 6.92 Å². The van der Waals surface area contributed by atoms with E-state index in [1.807, 2.05) is 0 Å². The summed E-state index contributed by atoms with van der Waals surface area (Å²) in [6.07, 6.45) is 2.87. The fourth-order valence-corrected chi connectivity index (χ4v) is 1.69. The first-order chi connectivity index (χ1) is 4.97. The average Bonchev–Trinajstić information content (AvgIpc) is 1.75. The van der Waals surface area contributed by atoms with Gasteiger partial charge in [0, 0.05) is 5.54 Å². The molecule has 1 aliphatic rings. The molecule has 0 aromatic carbocycles. The Morgan fingerprint density at radius 2 is 1.82 bits per heavy atom. The highest BCUT2D eigenvalue weighted by Crippen LogP contribution is 2.32. The molecule has 1 rings (SSSR count). The van der Waals surface area contributed by atoms with Crippen LogP contribution < -0.4 is 5.32 Å². The van der Waals surface area contributed by atoms with E-state index < -0.39 is 0 Å². The van der Waals surface area contributed by atoms with Gasteiger partial charge in [-0.05, 0) is 52.0 Å². The fourth-order valence-electron chi connectivity index (χ4n) is 1.69. The largest absolute Gasteiger partial charge is 0.312 e. The Kier molecular flexibility index (Phi) is 2.58. The van der Waals surface area contributed by atoms with Crippen LogP contribution in [0.1, 0.15) is 40.5 Å². The third kappa shape index (κ3) is 3.24. The highest BCUT2D eigenvalue weighted by Gasteiger charge is 2.25. The van der Waals surface area contributed by atoms with Crippen molar-refractivity contribution in [1.82, 2.24) is 5.32 Å². The molecule has 0 atom stereocenters. The summed E-state index contributed by atoms with van der Waals surface area (Å²) < 4.78 is 0. The zero-order chi connectivity index (χ0) is 8.48. The summed E-state index contributed by atoms with van der Waals surface area (Å²) in [7, 11) is 0. The molecule has 0 aromatic heterocycles. The number of rotatable bonds is 2. The topological polar surface area (TPSA) is 12.0 Å². The first-order valence-corrected chi connectivity index (χ1v) is 4.72. The van der Waals surface area contributed by atoms with Gasteiger partial charge >= 0.3 is 0 Å². The zero-order valence-electron chi connectivity index (χ0n) is 8.28. The molecular weight excluding hydrogens is 134 g/mol. The van der Waals surface area contributed by atoms with Crippen LogP contribution >= 0.6 is 0 Å². The quantitative estimate of drug-likeness (QED) is 0.645. The Bertz CT molecular complexity index is 117. The lowest BCUT2D eigenvalue weighted by molar-refractivity contribution is 0.192. The van der Waals surface area contributed by atoms with Crippen molar-refractivity contribution in [3.8, 4) is 0 Å². The molecule has 1 nitrogen and oxygen atoms in total. The van der Waals surface area contributed by atoms with Crippen molar-refractivity contribution in [2.24, 2.45) is 11.8 Å². The summed E-state index contributed by atoms with van der Waals surface area (Å²) in [5.41, 5.74) is 0.304. The maximum atomic E-state index is 3.54. The van der Waals surface area contributed by atoms with E-state index in [9.17, 15) is 0 Å². The van der Waals surface area contributed by atoms with Crippen LogP contribution in [0.15, 0.2) is 0 Å². The molecule has 66 valence electrons. The molecule has 0 unspecified atom stereocenters. The SMILES string of the molecule is CC1CC(CNC(C)(C)C)C1. The van der Waals surface area contributed by atoms with Crippen LogP contribution in [-0.2, 0) is 0 Å². The highest BCUT2D eigenvalue weighted by molar-refractivity contribution is 4.81. The predicted molar refractivity (Wildman–Crippen MR) is 49.6 cm³/mol. The summed E-state index contributed by atoms with van der Waals surface area (Å²) in [5, 5.41) is 3.54. The van der Waals surface area contributed by atoms with E-state index in [1.165, 1.54) is 19.4 Å². The van der Waals surface area contributed by atoms with Crippen molar-refractivity contribution in [1.29, 1.82) is 0 Å². The van der Waals surface area contributed by atoms with Gasteiger partial charge in [0.05, 0.1) is 0 Å². The maximum Gasteiger partial charge on any atom is 0.00966 e. The standard InChI is InChI=1S/C10H21N/c1-8-5-9(6-8)7-11-10(2,3)4/h8-9,11H,5-7H2,1-4H3. The van der Waals surface area contributed by atoms with E-state index in [2.05, 4.69) is 33.0 Å².